The number of nitrogens with zero attached hydrogens (tertiary/aromatic N) is 3. The first-order valence-electron chi connectivity index (χ1n) is 7.53. The number of hydrogen-bond acceptors (Lipinski definition) is 2. The quantitative estimate of drug-likeness (QED) is 0.690. The molecule has 104 valence electrons. The van der Waals surface area contributed by atoms with Gasteiger partial charge in [0.2, 0.25) is 0 Å². The van der Waals surface area contributed by atoms with Crippen molar-refractivity contribution in [3.63, 3.8) is 0 Å². The first kappa shape index (κ1) is 14.0. The average molecular weight is 259 g/mol. The molecule has 3 heteroatoms. The summed E-state index contributed by atoms with van der Waals surface area (Å²) >= 11 is 0. The molecule has 0 N–H and O–H groups in total. The third-order valence-corrected chi connectivity index (χ3v) is 3.85. The summed E-state index contributed by atoms with van der Waals surface area (Å²) in [6, 6.07) is 4.34. The zero-order chi connectivity index (χ0) is 13.7. The predicted octanol–water partition coefficient (Wildman–Crippen LogP) is 4.41. The van der Waals surface area contributed by atoms with Crippen LogP contribution < -0.4 is 0 Å². The number of hydrogen-bond donors (Lipinski definition) is 0. The topological polar surface area (TPSA) is 30.7 Å². The van der Waals surface area contributed by atoms with Gasteiger partial charge in [0.25, 0.3) is 0 Å². The van der Waals surface area contributed by atoms with E-state index >= 15 is 0 Å². The van der Waals surface area contributed by atoms with Gasteiger partial charge in [0.15, 0.2) is 0 Å². The van der Waals surface area contributed by atoms with Crippen molar-refractivity contribution in [3.05, 3.63) is 23.3 Å². The molecule has 0 aliphatic carbocycles. The summed E-state index contributed by atoms with van der Waals surface area (Å²) in [6.07, 6.45) is 7.89. The predicted molar refractivity (Wildman–Crippen MR) is 80.4 cm³/mol. The van der Waals surface area contributed by atoms with Crippen LogP contribution in [0.25, 0.3) is 11.0 Å². The van der Waals surface area contributed by atoms with Crippen molar-refractivity contribution in [2.24, 2.45) is 0 Å². The monoisotopic (exact) mass is 259 g/mol. The fourth-order valence-corrected chi connectivity index (χ4v) is 2.43. The number of benzene rings is 1. The Kier molecular flexibility index (Phi) is 4.94. The lowest BCUT2D eigenvalue weighted by Gasteiger charge is -2.04. The summed E-state index contributed by atoms with van der Waals surface area (Å²) in [5, 5.41) is 8.54. The van der Waals surface area contributed by atoms with Crippen LogP contribution >= 0.6 is 0 Å². The van der Waals surface area contributed by atoms with Gasteiger partial charge in [-0.05, 0) is 43.5 Å². The van der Waals surface area contributed by atoms with Crippen molar-refractivity contribution in [1.29, 1.82) is 0 Å². The van der Waals surface area contributed by atoms with E-state index in [-0.39, 0.29) is 0 Å². The maximum absolute atomic E-state index is 4.28. The van der Waals surface area contributed by atoms with E-state index in [4.69, 9.17) is 0 Å². The first-order valence-corrected chi connectivity index (χ1v) is 7.53. The molecule has 19 heavy (non-hydrogen) atoms. The minimum absolute atomic E-state index is 0.991. The molecule has 1 aromatic heterocycles. The van der Waals surface area contributed by atoms with Crippen LogP contribution in [0.2, 0.25) is 0 Å². The standard InChI is InChI=1S/C16H25N3/c1-4-5-6-7-8-9-10-19-16-12-14(3)13(2)11-15(16)17-18-19/h11-12H,4-10H2,1-3H3. The molecule has 0 aliphatic heterocycles. The Labute approximate surface area is 116 Å². The van der Waals surface area contributed by atoms with Crippen molar-refractivity contribution in [3.8, 4) is 0 Å². The van der Waals surface area contributed by atoms with Gasteiger partial charge >= 0.3 is 0 Å². The van der Waals surface area contributed by atoms with Crippen molar-refractivity contribution < 1.29 is 0 Å². The molecule has 0 fully saturated rings. The zero-order valence-electron chi connectivity index (χ0n) is 12.4. The highest BCUT2D eigenvalue weighted by Crippen LogP contribution is 2.17. The molecule has 1 aromatic carbocycles. The van der Waals surface area contributed by atoms with Gasteiger partial charge in [-0.2, -0.15) is 0 Å². The Balaban J connectivity index is 1.92. The van der Waals surface area contributed by atoms with Crippen LogP contribution in [0.5, 0.6) is 0 Å². The summed E-state index contributed by atoms with van der Waals surface area (Å²) in [4.78, 5) is 0. The van der Waals surface area contributed by atoms with Crippen molar-refractivity contribution >= 4 is 11.0 Å². The van der Waals surface area contributed by atoms with Crippen LogP contribution in [0.4, 0.5) is 0 Å². The van der Waals surface area contributed by atoms with Gasteiger partial charge < -0.3 is 0 Å². The van der Waals surface area contributed by atoms with Gasteiger partial charge in [-0.25, -0.2) is 4.68 Å². The fourth-order valence-electron chi connectivity index (χ4n) is 2.43. The van der Waals surface area contributed by atoms with Crippen LogP contribution in [0.15, 0.2) is 12.1 Å². The van der Waals surface area contributed by atoms with Gasteiger partial charge in [0, 0.05) is 6.54 Å². The summed E-state index contributed by atoms with van der Waals surface area (Å²) < 4.78 is 2.06. The van der Waals surface area contributed by atoms with E-state index in [9.17, 15) is 0 Å². The van der Waals surface area contributed by atoms with E-state index in [0.717, 1.165) is 12.1 Å². The highest BCUT2D eigenvalue weighted by Gasteiger charge is 2.06. The van der Waals surface area contributed by atoms with Crippen LogP contribution in [0.3, 0.4) is 0 Å². The molecule has 0 unspecified atom stereocenters. The largest absolute Gasteiger partial charge is 0.245 e. The number of fused-ring (bicyclic) bond motifs is 1. The first-order chi connectivity index (χ1) is 9.22. The fraction of sp³-hybridized carbons (Fsp3) is 0.625. The maximum Gasteiger partial charge on any atom is 0.113 e. The van der Waals surface area contributed by atoms with Gasteiger partial charge in [-0.1, -0.05) is 44.2 Å². The van der Waals surface area contributed by atoms with E-state index in [0.29, 0.717) is 0 Å². The summed E-state index contributed by atoms with van der Waals surface area (Å²) in [5.74, 6) is 0. The normalized spacial score (nSPS) is 11.3. The Morgan fingerprint density at radius 1 is 0.947 bits per heavy atom. The van der Waals surface area contributed by atoms with Crippen LogP contribution in [-0.2, 0) is 6.54 Å². The van der Waals surface area contributed by atoms with Gasteiger partial charge in [-0.3, -0.25) is 0 Å². The molecule has 0 atom stereocenters. The molecule has 0 saturated heterocycles. The highest BCUT2D eigenvalue weighted by atomic mass is 15.4. The lowest BCUT2D eigenvalue weighted by Crippen LogP contribution is -2.00. The molecule has 0 spiro atoms. The Morgan fingerprint density at radius 3 is 2.42 bits per heavy atom. The summed E-state index contributed by atoms with van der Waals surface area (Å²) in [7, 11) is 0. The van der Waals surface area contributed by atoms with Gasteiger partial charge in [-0.15, -0.1) is 5.10 Å². The molecule has 0 radical (unpaired) electrons. The third-order valence-electron chi connectivity index (χ3n) is 3.85. The molecule has 1 heterocycles. The molecule has 2 aromatic rings. The van der Waals surface area contributed by atoms with Crippen molar-refractivity contribution in [2.75, 3.05) is 0 Å². The number of aromatic nitrogens is 3. The molecule has 3 nitrogen and oxygen atoms in total. The molecule has 0 amide bonds. The Hall–Kier alpha value is -1.38. The average Bonchev–Trinajstić information content (AvgIpc) is 2.77. The van der Waals surface area contributed by atoms with Crippen LogP contribution in [-0.4, -0.2) is 15.0 Å². The number of unbranched alkanes of at least 4 members (excludes halogenated alkanes) is 5. The second-order valence-corrected chi connectivity index (χ2v) is 5.51. The smallest absolute Gasteiger partial charge is 0.113 e. The molecule has 0 bridgehead atoms. The summed E-state index contributed by atoms with van der Waals surface area (Å²) in [5.41, 5.74) is 4.81. The van der Waals surface area contributed by atoms with Gasteiger partial charge in [0.1, 0.15) is 5.52 Å². The lowest BCUT2D eigenvalue weighted by atomic mass is 10.1. The third kappa shape index (κ3) is 3.55. The van der Waals surface area contributed by atoms with E-state index < -0.39 is 0 Å². The molecule has 2 rings (SSSR count). The number of aryl methyl sites for hydroxylation is 3. The second kappa shape index (κ2) is 6.69. The van der Waals surface area contributed by atoms with Crippen molar-refractivity contribution in [2.45, 2.75) is 65.8 Å². The molecular weight excluding hydrogens is 234 g/mol. The van der Waals surface area contributed by atoms with Crippen LogP contribution in [0.1, 0.15) is 56.6 Å². The lowest BCUT2D eigenvalue weighted by molar-refractivity contribution is 0.526. The molecule has 0 aliphatic rings. The van der Waals surface area contributed by atoms with Gasteiger partial charge in [0.05, 0.1) is 5.52 Å². The zero-order valence-corrected chi connectivity index (χ0v) is 12.4. The van der Waals surface area contributed by atoms with Crippen molar-refractivity contribution in [1.82, 2.24) is 15.0 Å². The van der Waals surface area contributed by atoms with E-state index in [1.165, 1.54) is 55.2 Å². The van der Waals surface area contributed by atoms with E-state index in [1.807, 2.05) is 0 Å². The summed E-state index contributed by atoms with van der Waals surface area (Å²) in [6.45, 7) is 7.52. The second-order valence-electron chi connectivity index (χ2n) is 5.51. The molecular formula is C16H25N3. The Morgan fingerprint density at radius 2 is 1.63 bits per heavy atom. The SMILES string of the molecule is CCCCCCCCn1nnc2cc(C)c(C)cc21. The highest BCUT2D eigenvalue weighted by molar-refractivity contribution is 5.76. The Bertz CT molecular complexity index is 528. The number of rotatable bonds is 7. The maximum atomic E-state index is 4.28. The minimum atomic E-state index is 0.991. The van der Waals surface area contributed by atoms with E-state index in [1.54, 1.807) is 0 Å². The van der Waals surface area contributed by atoms with Crippen LogP contribution in [0, 0.1) is 13.8 Å². The minimum Gasteiger partial charge on any atom is -0.245 e. The van der Waals surface area contributed by atoms with E-state index in [2.05, 4.69) is 47.9 Å². The molecule has 0 saturated carbocycles.